The van der Waals surface area contributed by atoms with Crippen molar-refractivity contribution in [3.05, 3.63) is 94.4 Å². The Morgan fingerprint density at radius 2 is 1.88 bits per heavy atom. The quantitative estimate of drug-likeness (QED) is 0.211. The van der Waals surface area contributed by atoms with Gasteiger partial charge in [-0.2, -0.15) is 24.2 Å². The minimum absolute atomic E-state index is 0.129. The molecule has 0 atom stereocenters. The normalized spacial score (nSPS) is 12.2. The van der Waals surface area contributed by atoms with Crippen molar-refractivity contribution in [2.45, 2.75) is 13.1 Å². The molecular weight excluding hydrogens is 483 g/mol. The van der Waals surface area contributed by atoms with Crippen molar-refractivity contribution in [1.82, 2.24) is 15.1 Å². The molecule has 1 aromatic heterocycles. The lowest BCUT2D eigenvalue weighted by Crippen LogP contribution is -2.24. The van der Waals surface area contributed by atoms with Crippen LogP contribution in [0.4, 0.5) is 22.0 Å². The average Bonchev–Trinajstić information content (AvgIpc) is 3.18. The molecule has 2 aromatic carbocycles. The van der Waals surface area contributed by atoms with E-state index in [4.69, 9.17) is 22.3 Å². The van der Waals surface area contributed by atoms with Gasteiger partial charge in [-0.15, -0.1) is 0 Å². The minimum Gasteiger partial charge on any atom is -0.408 e. The van der Waals surface area contributed by atoms with E-state index in [0.29, 0.717) is 4.68 Å². The van der Waals surface area contributed by atoms with Crippen LogP contribution < -0.4 is 11.2 Å². The molecule has 0 radical (unpaired) electrons. The number of hydrogen-bond donors (Lipinski definition) is 2. The molecule has 3 N–H and O–H groups in total. The first kappa shape index (κ1) is 24.9. The number of rotatable bonds is 6. The molecular formula is C22H16ClF5N4O2. The fourth-order valence-corrected chi connectivity index (χ4v) is 3.48. The van der Waals surface area contributed by atoms with Gasteiger partial charge in [0.1, 0.15) is 11.6 Å². The monoisotopic (exact) mass is 498 g/mol. The summed E-state index contributed by atoms with van der Waals surface area (Å²) in [5, 5.41) is 5.85. The number of halogens is 6. The summed E-state index contributed by atoms with van der Waals surface area (Å²) in [6, 6.07) is 7.97. The van der Waals surface area contributed by atoms with Gasteiger partial charge in [-0.25, -0.2) is 13.5 Å². The highest BCUT2D eigenvalue weighted by atomic mass is 35.5. The van der Waals surface area contributed by atoms with E-state index in [2.05, 4.69) is 17.0 Å². The Labute approximate surface area is 195 Å². The van der Waals surface area contributed by atoms with Gasteiger partial charge >= 0.3 is 6.18 Å². The van der Waals surface area contributed by atoms with Crippen LogP contribution in [0, 0.1) is 11.6 Å². The number of carbonyl (C=O) groups is 1. The van der Waals surface area contributed by atoms with E-state index < -0.39 is 46.4 Å². The summed E-state index contributed by atoms with van der Waals surface area (Å²) in [6.07, 6.45) is -4.28. The number of amides is 1. The third-order valence-electron chi connectivity index (χ3n) is 4.55. The topological polar surface area (TPSA) is 82.2 Å². The Bertz CT molecular complexity index is 1280. The van der Waals surface area contributed by atoms with Crippen LogP contribution in [-0.2, 0) is 15.8 Å². The number of nitrogens with two attached hydrogens (primary N) is 1. The van der Waals surface area contributed by atoms with E-state index in [1.165, 1.54) is 24.3 Å². The second-order valence-corrected chi connectivity index (χ2v) is 7.28. The van der Waals surface area contributed by atoms with Crippen LogP contribution in [0.5, 0.6) is 0 Å². The van der Waals surface area contributed by atoms with Crippen molar-refractivity contribution >= 4 is 28.8 Å². The molecule has 34 heavy (non-hydrogen) atoms. The first-order valence-corrected chi connectivity index (χ1v) is 9.77. The molecule has 0 spiro atoms. The number of hydrogen-bond acceptors (Lipinski definition) is 4. The van der Waals surface area contributed by atoms with Gasteiger partial charge in [-0.05, 0) is 30.3 Å². The number of carbonyl (C=O) groups excluding carboxylic acids is 1. The van der Waals surface area contributed by atoms with E-state index >= 15 is 0 Å². The van der Waals surface area contributed by atoms with Crippen LogP contribution in [0.1, 0.15) is 23.7 Å². The van der Waals surface area contributed by atoms with Crippen molar-refractivity contribution in [2.24, 2.45) is 5.90 Å². The molecule has 0 saturated carbocycles. The van der Waals surface area contributed by atoms with Gasteiger partial charge < -0.3 is 10.2 Å². The number of nitrogens with one attached hydrogen (secondary N) is 1. The molecule has 0 fully saturated rings. The van der Waals surface area contributed by atoms with Gasteiger partial charge in [0, 0.05) is 18.1 Å². The zero-order valence-corrected chi connectivity index (χ0v) is 18.1. The number of aromatic nitrogens is 2. The molecule has 0 unspecified atom stereocenters. The van der Waals surface area contributed by atoms with Gasteiger partial charge in [0.15, 0.2) is 11.5 Å². The van der Waals surface area contributed by atoms with Gasteiger partial charge in [0.25, 0.3) is 0 Å². The molecule has 1 amide bonds. The van der Waals surface area contributed by atoms with Crippen molar-refractivity contribution in [3.63, 3.8) is 0 Å². The second kappa shape index (κ2) is 9.65. The van der Waals surface area contributed by atoms with Crippen LogP contribution in [-0.4, -0.2) is 15.7 Å². The lowest BCUT2D eigenvalue weighted by atomic mass is 10.00. The number of alkyl halides is 3. The molecule has 0 aliphatic rings. The Balaban J connectivity index is 2.33. The Morgan fingerprint density at radius 3 is 2.44 bits per heavy atom. The predicted octanol–water partition coefficient (Wildman–Crippen LogP) is 5.23. The zero-order valence-electron chi connectivity index (χ0n) is 17.4. The van der Waals surface area contributed by atoms with Crippen molar-refractivity contribution in [2.75, 3.05) is 0 Å². The molecule has 0 bridgehead atoms. The van der Waals surface area contributed by atoms with Crippen LogP contribution in [0.25, 0.3) is 17.0 Å². The van der Waals surface area contributed by atoms with Crippen LogP contribution >= 0.6 is 11.6 Å². The van der Waals surface area contributed by atoms with Crippen molar-refractivity contribution in [1.29, 1.82) is 0 Å². The first-order valence-electron chi connectivity index (χ1n) is 9.39. The van der Waals surface area contributed by atoms with E-state index in [1.807, 2.05) is 0 Å². The highest BCUT2D eigenvalue weighted by Gasteiger charge is 2.41. The second-order valence-electron chi connectivity index (χ2n) is 6.87. The van der Waals surface area contributed by atoms with E-state index in [-0.39, 0.29) is 21.8 Å². The third kappa shape index (κ3) is 4.95. The number of allylic oxidation sites excluding steroid dienone is 1. The Hall–Kier alpha value is -3.70. The average molecular weight is 499 g/mol. The summed E-state index contributed by atoms with van der Waals surface area (Å²) in [5.41, 5.74) is -3.46. The van der Waals surface area contributed by atoms with Gasteiger partial charge in [-0.1, -0.05) is 30.3 Å². The summed E-state index contributed by atoms with van der Waals surface area (Å²) in [7, 11) is 0. The highest BCUT2D eigenvalue weighted by Crippen LogP contribution is 2.39. The lowest BCUT2D eigenvalue weighted by Gasteiger charge is -2.19. The smallest absolute Gasteiger partial charge is 0.408 e. The molecule has 0 aliphatic heterocycles. The largest absolute Gasteiger partial charge is 0.434 e. The highest BCUT2D eigenvalue weighted by molar-refractivity contribution is 6.32. The molecule has 0 aliphatic carbocycles. The van der Waals surface area contributed by atoms with Crippen molar-refractivity contribution in [3.8, 4) is 5.69 Å². The SMILES string of the molecule is C=C(/C(NC(C)=O)=C(\ON)c1cnn(-c2cccc(F)c2)c1C(F)(F)F)c1c(F)cccc1Cl. The lowest BCUT2D eigenvalue weighted by molar-refractivity contribution is -0.143. The van der Waals surface area contributed by atoms with Crippen LogP contribution in [0.15, 0.2) is 60.9 Å². The molecule has 0 saturated heterocycles. The van der Waals surface area contributed by atoms with Crippen LogP contribution in [0.3, 0.4) is 0 Å². The van der Waals surface area contributed by atoms with Gasteiger partial charge in [0.05, 0.1) is 28.2 Å². The fourth-order valence-electron chi connectivity index (χ4n) is 3.20. The molecule has 12 heteroatoms. The van der Waals surface area contributed by atoms with Crippen LogP contribution in [0.2, 0.25) is 5.02 Å². The minimum atomic E-state index is -5.04. The van der Waals surface area contributed by atoms with Crippen molar-refractivity contribution < 1.29 is 31.6 Å². The fraction of sp³-hybridized carbons (Fsp3) is 0.0909. The maximum Gasteiger partial charge on any atom is 0.434 e. The van der Waals surface area contributed by atoms with E-state index in [9.17, 15) is 26.7 Å². The number of benzene rings is 2. The van der Waals surface area contributed by atoms with Gasteiger partial charge in [-0.3, -0.25) is 4.79 Å². The standard InChI is InChI=1S/C22H16ClF5N4O2/c1-11(18-16(23)7-4-8-17(18)25)19(31-12(2)33)20(34-29)15-10-30-32(21(15)22(26,27)28)14-6-3-5-13(24)9-14/h3-10H,1,29H2,2H3,(H,31,33)/b20-19+. The summed E-state index contributed by atoms with van der Waals surface area (Å²) < 4.78 is 71.0. The maximum absolute atomic E-state index is 14.5. The molecule has 6 nitrogen and oxygen atoms in total. The van der Waals surface area contributed by atoms with E-state index in [1.54, 1.807) is 0 Å². The zero-order chi connectivity index (χ0) is 25.2. The predicted molar refractivity (Wildman–Crippen MR) is 115 cm³/mol. The molecule has 3 aromatic rings. The Kier molecular flexibility index (Phi) is 7.08. The Morgan fingerprint density at radius 1 is 1.21 bits per heavy atom. The summed E-state index contributed by atoms with van der Waals surface area (Å²) in [6.45, 7) is 4.73. The summed E-state index contributed by atoms with van der Waals surface area (Å²) in [5.74, 6) is 2.19. The van der Waals surface area contributed by atoms with E-state index in [0.717, 1.165) is 31.3 Å². The first-order chi connectivity index (χ1) is 16.0. The van der Waals surface area contributed by atoms with Gasteiger partial charge in [0.2, 0.25) is 5.91 Å². The molecule has 1 heterocycles. The summed E-state index contributed by atoms with van der Waals surface area (Å²) >= 11 is 6.06. The third-order valence-corrected chi connectivity index (χ3v) is 4.86. The number of nitrogens with zero attached hydrogens (tertiary/aromatic N) is 2. The molecule has 3 rings (SSSR count). The molecule has 178 valence electrons. The summed E-state index contributed by atoms with van der Waals surface area (Å²) in [4.78, 5) is 16.6. The maximum atomic E-state index is 14.5.